The zero-order valence-electron chi connectivity index (χ0n) is 31.9. The molecule has 14 heteroatoms. The fourth-order valence-electron chi connectivity index (χ4n) is 4.80. The van der Waals surface area contributed by atoms with Crippen LogP contribution in [-0.4, -0.2) is 98.3 Å². The van der Waals surface area contributed by atoms with Crippen LogP contribution < -0.4 is 0 Å². The van der Waals surface area contributed by atoms with Crippen LogP contribution in [0.15, 0.2) is 109 Å². The Morgan fingerprint density at radius 3 is 1.51 bits per heavy atom. The van der Waals surface area contributed by atoms with Gasteiger partial charge in [0.05, 0.1) is 6.61 Å². The number of allylic oxidation sites excluding steroid dienone is 18. The van der Waals surface area contributed by atoms with Crippen molar-refractivity contribution < 1.29 is 63.1 Å². The van der Waals surface area contributed by atoms with Crippen molar-refractivity contribution >= 4 is 19.8 Å². The van der Waals surface area contributed by atoms with E-state index in [1.54, 1.807) is 0 Å². The van der Waals surface area contributed by atoms with Gasteiger partial charge < -0.3 is 39.9 Å². The molecule has 0 spiro atoms. The second-order valence-corrected chi connectivity index (χ2v) is 13.9. The van der Waals surface area contributed by atoms with Gasteiger partial charge in [-0.1, -0.05) is 130 Å². The average Bonchev–Trinajstić information content (AvgIpc) is 3.16. The number of hydrogen-bond acceptors (Lipinski definition) is 12. The molecule has 0 aromatic carbocycles. The van der Waals surface area contributed by atoms with Crippen molar-refractivity contribution in [2.45, 2.75) is 121 Å². The van der Waals surface area contributed by atoms with E-state index in [0.29, 0.717) is 19.3 Å². The van der Waals surface area contributed by atoms with E-state index in [9.17, 15) is 44.6 Å². The molecule has 0 radical (unpaired) electrons. The average molecular weight is 793 g/mol. The monoisotopic (exact) mass is 792 g/mol. The SMILES string of the molecule is CC/C=C/C=C/C=C/C=C/C=C/CCCC(=O)OC(COC(=O)CCCCC/C=C/C=C/C=C/C=C/CC)COP(=O)(O)OC1C(O)C(O)C(O)[C@@H](O)C1O. The highest BCUT2D eigenvalue weighted by molar-refractivity contribution is 7.47. The minimum absolute atomic E-state index is 0.0163. The molecule has 308 valence electrons. The summed E-state index contributed by atoms with van der Waals surface area (Å²) in [5, 5.41) is 49.9. The van der Waals surface area contributed by atoms with Crippen molar-refractivity contribution in [1.82, 2.24) is 0 Å². The van der Waals surface area contributed by atoms with Gasteiger partial charge in [0.2, 0.25) is 0 Å². The lowest BCUT2D eigenvalue weighted by Crippen LogP contribution is -2.64. The number of rotatable bonds is 27. The lowest BCUT2D eigenvalue weighted by atomic mass is 9.85. The largest absolute Gasteiger partial charge is 0.472 e. The summed E-state index contributed by atoms with van der Waals surface area (Å²) in [5.41, 5.74) is 0. The molecule has 13 nitrogen and oxygen atoms in total. The summed E-state index contributed by atoms with van der Waals surface area (Å²) in [4.78, 5) is 35.4. The molecule has 0 amide bonds. The molecule has 0 saturated heterocycles. The van der Waals surface area contributed by atoms with Gasteiger partial charge in [0.1, 0.15) is 43.2 Å². The van der Waals surface area contributed by atoms with Crippen molar-refractivity contribution in [3.05, 3.63) is 109 Å². The molecule has 6 N–H and O–H groups in total. The molecule has 1 saturated carbocycles. The second kappa shape index (κ2) is 30.7. The minimum Gasteiger partial charge on any atom is -0.462 e. The summed E-state index contributed by atoms with van der Waals surface area (Å²) in [6.07, 6.45) is 27.5. The van der Waals surface area contributed by atoms with Crippen molar-refractivity contribution in [2.24, 2.45) is 0 Å². The number of esters is 2. The van der Waals surface area contributed by atoms with E-state index in [-0.39, 0.29) is 12.8 Å². The molecule has 55 heavy (non-hydrogen) atoms. The predicted octanol–water partition coefficient (Wildman–Crippen LogP) is 5.71. The summed E-state index contributed by atoms with van der Waals surface area (Å²) in [6.45, 7) is 2.85. The van der Waals surface area contributed by atoms with Gasteiger partial charge in [-0.15, -0.1) is 0 Å². The Balaban J connectivity index is 2.66. The molecule has 0 heterocycles. The normalized spacial score (nSPS) is 24.3. The van der Waals surface area contributed by atoms with Crippen LogP contribution in [0, 0.1) is 0 Å². The lowest BCUT2D eigenvalue weighted by Gasteiger charge is -2.41. The first-order valence-corrected chi connectivity index (χ1v) is 20.3. The molecule has 0 aromatic heterocycles. The van der Waals surface area contributed by atoms with Crippen LogP contribution in [-0.2, 0) is 32.7 Å². The number of phosphoric acid groups is 1. The molecule has 1 rings (SSSR count). The van der Waals surface area contributed by atoms with E-state index in [1.165, 1.54) is 0 Å². The predicted molar refractivity (Wildman–Crippen MR) is 211 cm³/mol. The standard InChI is InChI=1S/C41H61O13P/c1-3-5-7-9-11-13-15-17-19-21-23-25-27-29-34(42)51-31-33(32-52-55(49,50)54-41-39(47)37(45)36(44)38(46)40(41)48)53-35(43)30-28-26-24-22-20-18-16-14-12-10-8-6-4-2/h5-20,22,24,33,36-41,44-48H,3-4,21,23,25-32H2,1-2H3,(H,49,50)/b7-5+,8-6+,11-9+,12-10+,15-13+,16-14+,19-17+,20-18+,24-22+/t33?,36?,37-,38?,39?,40?,41?/m1/s1. The van der Waals surface area contributed by atoms with Crippen LogP contribution in [0.4, 0.5) is 0 Å². The van der Waals surface area contributed by atoms with Crippen LogP contribution in [0.1, 0.15) is 78.1 Å². The van der Waals surface area contributed by atoms with E-state index >= 15 is 0 Å². The van der Waals surface area contributed by atoms with Gasteiger partial charge in [0.15, 0.2) is 6.10 Å². The highest BCUT2D eigenvalue weighted by Gasteiger charge is 2.51. The zero-order chi connectivity index (χ0) is 40.7. The zero-order valence-corrected chi connectivity index (χ0v) is 32.8. The van der Waals surface area contributed by atoms with Crippen molar-refractivity contribution in [2.75, 3.05) is 13.2 Å². The highest BCUT2D eigenvalue weighted by Crippen LogP contribution is 2.47. The number of phosphoric ester groups is 1. The van der Waals surface area contributed by atoms with Crippen LogP contribution in [0.5, 0.6) is 0 Å². The molecule has 0 aromatic rings. The van der Waals surface area contributed by atoms with Gasteiger partial charge in [0.25, 0.3) is 0 Å². The smallest absolute Gasteiger partial charge is 0.462 e. The number of ether oxygens (including phenoxy) is 2. The molecule has 1 aliphatic rings. The van der Waals surface area contributed by atoms with Gasteiger partial charge in [-0.3, -0.25) is 18.6 Å². The number of aliphatic hydroxyl groups is 5. The highest BCUT2D eigenvalue weighted by atomic mass is 31.2. The van der Waals surface area contributed by atoms with Crippen LogP contribution >= 0.6 is 7.82 Å². The molecule has 1 fully saturated rings. The maximum atomic E-state index is 12.7. The summed E-state index contributed by atoms with van der Waals surface area (Å²) < 4.78 is 33.2. The van der Waals surface area contributed by atoms with Crippen LogP contribution in [0.3, 0.4) is 0 Å². The maximum Gasteiger partial charge on any atom is 0.472 e. The Labute approximate surface area is 325 Å². The lowest BCUT2D eigenvalue weighted by molar-refractivity contribution is -0.220. The van der Waals surface area contributed by atoms with Gasteiger partial charge in [-0.25, -0.2) is 4.57 Å². The van der Waals surface area contributed by atoms with Gasteiger partial charge in [0, 0.05) is 12.8 Å². The Morgan fingerprint density at radius 2 is 1.00 bits per heavy atom. The molecular formula is C41H61O13P. The van der Waals surface area contributed by atoms with Gasteiger partial charge in [-0.2, -0.15) is 0 Å². The summed E-state index contributed by atoms with van der Waals surface area (Å²) >= 11 is 0. The fourth-order valence-corrected chi connectivity index (χ4v) is 5.77. The quantitative estimate of drug-likeness (QED) is 0.0255. The first-order valence-electron chi connectivity index (χ1n) is 18.8. The summed E-state index contributed by atoms with van der Waals surface area (Å²) in [6, 6.07) is 0. The molecular weight excluding hydrogens is 731 g/mol. The maximum absolute atomic E-state index is 12.7. The number of unbranched alkanes of at least 4 members (excludes halogenated alkanes) is 4. The minimum atomic E-state index is -5.15. The molecule has 1 aliphatic carbocycles. The first-order chi connectivity index (χ1) is 26.4. The van der Waals surface area contributed by atoms with E-state index in [1.807, 2.05) is 103 Å². The number of aliphatic hydroxyl groups excluding tert-OH is 5. The number of hydrogen-bond donors (Lipinski definition) is 6. The van der Waals surface area contributed by atoms with Crippen LogP contribution in [0.2, 0.25) is 0 Å². The summed E-state index contributed by atoms with van der Waals surface area (Å²) in [5.74, 6) is -1.25. The summed E-state index contributed by atoms with van der Waals surface area (Å²) in [7, 11) is -5.15. The third kappa shape index (κ3) is 23.9. The van der Waals surface area contributed by atoms with E-state index in [2.05, 4.69) is 19.9 Å². The Bertz CT molecular complexity index is 1380. The Kier molecular flexibility index (Phi) is 27.6. The molecule has 8 atom stereocenters. The van der Waals surface area contributed by atoms with E-state index < -0.39 is 75.7 Å². The Hall–Kier alpha value is -3.49. The topological polar surface area (TPSA) is 210 Å². The number of carbonyl (C=O) groups excluding carboxylic acids is 2. The van der Waals surface area contributed by atoms with Crippen molar-refractivity contribution in [3.63, 3.8) is 0 Å². The third-order valence-electron chi connectivity index (χ3n) is 7.83. The van der Waals surface area contributed by atoms with Gasteiger partial charge >= 0.3 is 19.8 Å². The van der Waals surface area contributed by atoms with Gasteiger partial charge in [-0.05, 0) is 44.9 Å². The second-order valence-electron chi connectivity index (χ2n) is 12.5. The Morgan fingerprint density at radius 1 is 0.564 bits per heavy atom. The van der Waals surface area contributed by atoms with Crippen LogP contribution in [0.25, 0.3) is 0 Å². The molecule has 0 aliphatic heterocycles. The molecule has 7 unspecified atom stereocenters. The van der Waals surface area contributed by atoms with Crippen molar-refractivity contribution in [1.29, 1.82) is 0 Å². The van der Waals surface area contributed by atoms with E-state index in [0.717, 1.165) is 32.1 Å². The fraction of sp³-hybridized carbons (Fsp3) is 0.512. The van der Waals surface area contributed by atoms with Crippen molar-refractivity contribution in [3.8, 4) is 0 Å². The third-order valence-corrected chi connectivity index (χ3v) is 8.82. The van der Waals surface area contributed by atoms with E-state index in [4.69, 9.17) is 18.5 Å². The molecule has 0 bridgehead atoms. The number of carbonyl (C=O) groups is 2. The first kappa shape index (κ1) is 49.5.